The van der Waals surface area contributed by atoms with Crippen molar-refractivity contribution >= 4 is 0 Å². The molecule has 0 unspecified atom stereocenters. The molecule has 0 N–H and O–H groups in total. The van der Waals surface area contributed by atoms with Crippen LogP contribution in [0.2, 0.25) is 0 Å². The van der Waals surface area contributed by atoms with Gasteiger partial charge < -0.3 is 0 Å². The maximum absolute atomic E-state index is 3.74. The lowest BCUT2D eigenvalue weighted by Crippen LogP contribution is -1.80. The van der Waals surface area contributed by atoms with Crippen LogP contribution in [0.4, 0.5) is 0 Å². The molecule has 136 valence electrons. The van der Waals surface area contributed by atoms with Crippen molar-refractivity contribution in [2.75, 3.05) is 0 Å². The third-order valence-corrected chi connectivity index (χ3v) is 3.56. The molecule has 0 aromatic carbocycles. The SMILES string of the molecule is C=CC/C(=C\C)CCC=C(C)C.C=CC/C=C(\C)CCC=C(C)C. The topological polar surface area (TPSA) is 0 Å². The molecule has 0 aliphatic carbocycles. The third kappa shape index (κ3) is 20.4. The molecule has 0 saturated heterocycles. The fourth-order valence-electron chi connectivity index (χ4n) is 2.07. The highest BCUT2D eigenvalue weighted by Gasteiger charge is 1.91. The van der Waals surface area contributed by atoms with Crippen LogP contribution in [-0.4, -0.2) is 0 Å². The number of allylic oxidation sites excluding steroid dienone is 10. The minimum Gasteiger partial charge on any atom is -0.103 e. The van der Waals surface area contributed by atoms with E-state index in [9.17, 15) is 0 Å². The van der Waals surface area contributed by atoms with E-state index in [0.29, 0.717) is 0 Å². The van der Waals surface area contributed by atoms with Gasteiger partial charge in [0.25, 0.3) is 0 Å². The van der Waals surface area contributed by atoms with Gasteiger partial charge in [-0.3, -0.25) is 0 Å². The molecular weight excluding hydrogens is 288 g/mol. The van der Waals surface area contributed by atoms with Gasteiger partial charge in [0.2, 0.25) is 0 Å². The second-order valence-electron chi connectivity index (χ2n) is 6.65. The predicted molar refractivity (Wildman–Crippen MR) is 114 cm³/mol. The Kier molecular flexibility index (Phi) is 18.3. The lowest BCUT2D eigenvalue weighted by Gasteiger charge is -2.00. The summed E-state index contributed by atoms with van der Waals surface area (Å²) in [6.45, 7) is 20.3. The Morgan fingerprint density at radius 1 is 0.750 bits per heavy atom. The van der Waals surface area contributed by atoms with Crippen LogP contribution in [0.3, 0.4) is 0 Å². The van der Waals surface area contributed by atoms with Crippen LogP contribution in [0.25, 0.3) is 0 Å². The van der Waals surface area contributed by atoms with Crippen LogP contribution in [0.15, 0.2) is 71.9 Å². The van der Waals surface area contributed by atoms with Gasteiger partial charge in [-0.05, 0) is 80.1 Å². The molecule has 0 spiro atoms. The summed E-state index contributed by atoms with van der Waals surface area (Å²) in [6, 6.07) is 0. The smallest absolute Gasteiger partial charge is 0.0142 e. The fraction of sp³-hybridized carbons (Fsp3) is 0.500. The summed E-state index contributed by atoms with van der Waals surface area (Å²) in [6.07, 6.45) is 19.6. The average Bonchev–Trinajstić information content (AvgIpc) is 2.52. The molecule has 24 heavy (non-hydrogen) atoms. The van der Waals surface area contributed by atoms with E-state index in [0.717, 1.165) is 19.3 Å². The zero-order valence-corrected chi connectivity index (χ0v) is 17.1. The van der Waals surface area contributed by atoms with Gasteiger partial charge in [-0.15, -0.1) is 13.2 Å². The van der Waals surface area contributed by atoms with Gasteiger partial charge in [0.1, 0.15) is 0 Å². The van der Waals surface area contributed by atoms with E-state index >= 15 is 0 Å². The molecule has 0 aliphatic heterocycles. The monoisotopic (exact) mass is 328 g/mol. The Labute approximate surface area is 152 Å². The third-order valence-electron chi connectivity index (χ3n) is 3.56. The molecule has 0 amide bonds. The number of hydrogen-bond acceptors (Lipinski definition) is 0. The van der Waals surface area contributed by atoms with Crippen molar-refractivity contribution in [3.8, 4) is 0 Å². The van der Waals surface area contributed by atoms with Gasteiger partial charge in [0.15, 0.2) is 0 Å². The van der Waals surface area contributed by atoms with Crippen LogP contribution in [0.5, 0.6) is 0 Å². The summed E-state index contributed by atoms with van der Waals surface area (Å²) < 4.78 is 0. The fourth-order valence-corrected chi connectivity index (χ4v) is 2.07. The van der Waals surface area contributed by atoms with E-state index in [-0.39, 0.29) is 0 Å². The highest BCUT2D eigenvalue weighted by atomic mass is 14.0. The van der Waals surface area contributed by atoms with Crippen molar-refractivity contribution in [1.82, 2.24) is 0 Å². The van der Waals surface area contributed by atoms with Crippen LogP contribution in [-0.2, 0) is 0 Å². The summed E-state index contributed by atoms with van der Waals surface area (Å²) in [4.78, 5) is 0. The molecule has 0 nitrogen and oxygen atoms in total. The van der Waals surface area contributed by atoms with Gasteiger partial charge in [-0.25, -0.2) is 0 Å². The maximum Gasteiger partial charge on any atom is -0.0142 e. The Balaban J connectivity index is 0. The molecule has 0 bridgehead atoms. The minimum atomic E-state index is 1.00. The Bertz CT molecular complexity index is 444. The highest BCUT2D eigenvalue weighted by molar-refractivity contribution is 5.07. The predicted octanol–water partition coefficient (Wildman–Crippen LogP) is 8.51. The van der Waals surface area contributed by atoms with E-state index in [1.807, 2.05) is 12.2 Å². The van der Waals surface area contributed by atoms with Gasteiger partial charge >= 0.3 is 0 Å². The molecule has 0 heterocycles. The van der Waals surface area contributed by atoms with E-state index in [4.69, 9.17) is 0 Å². The first-order valence-corrected chi connectivity index (χ1v) is 9.15. The van der Waals surface area contributed by atoms with Gasteiger partial charge in [-0.2, -0.15) is 0 Å². The van der Waals surface area contributed by atoms with Gasteiger partial charge in [-0.1, -0.05) is 58.7 Å². The Morgan fingerprint density at radius 2 is 1.29 bits per heavy atom. The molecular formula is C24H40. The summed E-state index contributed by atoms with van der Waals surface area (Å²) in [7, 11) is 0. The zero-order chi connectivity index (χ0) is 18.8. The quantitative estimate of drug-likeness (QED) is 0.352. The first kappa shape index (κ1) is 24.7. The normalized spacial score (nSPS) is 11.1. The second kappa shape index (κ2) is 17.8. The van der Waals surface area contributed by atoms with E-state index in [2.05, 4.69) is 79.0 Å². The van der Waals surface area contributed by atoms with Gasteiger partial charge in [0.05, 0.1) is 0 Å². The lowest BCUT2D eigenvalue weighted by molar-refractivity contribution is 0.929. The van der Waals surface area contributed by atoms with Crippen LogP contribution < -0.4 is 0 Å². The van der Waals surface area contributed by atoms with E-state index < -0.39 is 0 Å². The molecule has 0 radical (unpaired) electrons. The molecule has 0 aliphatic rings. The van der Waals surface area contributed by atoms with Crippen molar-refractivity contribution in [3.63, 3.8) is 0 Å². The number of hydrogen-bond donors (Lipinski definition) is 0. The zero-order valence-electron chi connectivity index (χ0n) is 17.1. The average molecular weight is 329 g/mol. The Morgan fingerprint density at radius 3 is 1.71 bits per heavy atom. The highest BCUT2D eigenvalue weighted by Crippen LogP contribution is 2.11. The van der Waals surface area contributed by atoms with Gasteiger partial charge in [0, 0.05) is 0 Å². The van der Waals surface area contributed by atoms with Crippen molar-refractivity contribution in [1.29, 1.82) is 0 Å². The van der Waals surface area contributed by atoms with Crippen molar-refractivity contribution < 1.29 is 0 Å². The Hall–Kier alpha value is -1.56. The second-order valence-corrected chi connectivity index (χ2v) is 6.65. The molecule has 0 aromatic heterocycles. The van der Waals surface area contributed by atoms with Crippen LogP contribution in [0.1, 0.15) is 80.1 Å². The standard InChI is InChI=1S/2C12H20/c1-5-6-9-12(4)10-7-8-11(2)3;1-5-8-12(6-2)10-7-9-11(3)4/h5,8-9H,1,6-7,10H2,2-4H3;5-6,9H,1,7-8,10H2,2-4H3/b12-9+;12-6+. The molecule has 0 atom stereocenters. The molecule has 0 saturated carbocycles. The molecule has 0 heteroatoms. The van der Waals surface area contributed by atoms with Crippen LogP contribution >= 0.6 is 0 Å². The van der Waals surface area contributed by atoms with Crippen molar-refractivity contribution in [2.24, 2.45) is 0 Å². The van der Waals surface area contributed by atoms with Crippen molar-refractivity contribution in [3.05, 3.63) is 71.9 Å². The lowest BCUT2D eigenvalue weighted by atomic mass is 10.1. The first-order chi connectivity index (χ1) is 11.4. The number of rotatable bonds is 10. The summed E-state index contributed by atoms with van der Waals surface area (Å²) in [5.74, 6) is 0. The minimum absolute atomic E-state index is 1.00. The van der Waals surface area contributed by atoms with E-state index in [1.165, 1.54) is 41.6 Å². The first-order valence-electron chi connectivity index (χ1n) is 9.15. The largest absolute Gasteiger partial charge is 0.103 e. The maximum atomic E-state index is 3.74. The summed E-state index contributed by atoms with van der Waals surface area (Å²) in [5.41, 5.74) is 5.77. The summed E-state index contributed by atoms with van der Waals surface area (Å²) >= 11 is 0. The van der Waals surface area contributed by atoms with E-state index in [1.54, 1.807) is 0 Å². The molecule has 0 fully saturated rings. The molecule has 0 aromatic rings. The van der Waals surface area contributed by atoms with Crippen molar-refractivity contribution in [2.45, 2.75) is 80.1 Å². The summed E-state index contributed by atoms with van der Waals surface area (Å²) in [5, 5.41) is 0. The molecule has 0 rings (SSSR count). The van der Waals surface area contributed by atoms with Crippen LogP contribution in [0, 0.1) is 0 Å².